The van der Waals surface area contributed by atoms with Gasteiger partial charge >= 0.3 is 0 Å². The molecule has 0 saturated heterocycles. The van der Waals surface area contributed by atoms with Gasteiger partial charge in [0, 0.05) is 33.4 Å². The van der Waals surface area contributed by atoms with E-state index in [9.17, 15) is 15.3 Å². The Hall–Kier alpha value is -4.18. The van der Waals surface area contributed by atoms with Crippen LogP contribution in [-0.2, 0) is 18.9 Å². The maximum atomic E-state index is 12.6. The van der Waals surface area contributed by atoms with Gasteiger partial charge in [-0.1, -0.05) is 12.1 Å². The number of oxime groups is 1. The van der Waals surface area contributed by atoms with Crippen LogP contribution in [0.25, 0.3) is 11.0 Å². The zero-order chi connectivity index (χ0) is 28.0. The predicted molar refractivity (Wildman–Crippen MR) is 148 cm³/mol. The molecule has 38 heavy (non-hydrogen) atoms. The van der Waals surface area contributed by atoms with Crippen LogP contribution >= 0.6 is 0 Å². The van der Waals surface area contributed by atoms with E-state index in [2.05, 4.69) is 28.2 Å². The Morgan fingerprint density at radius 2 is 1.82 bits per heavy atom. The van der Waals surface area contributed by atoms with Gasteiger partial charge in [-0.3, -0.25) is 9.48 Å². The van der Waals surface area contributed by atoms with Crippen LogP contribution in [-0.4, -0.2) is 44.2 Å². The molecule has 10 nitrogen and oxygen atoms in total. The number of rotatable bonds is 4. The first-order valence-corrected chi connectivity index (χ1v) is 12.7. The first-order valence-electron chi connectivity index (χ1n) is 12.7. The lowest BCUT2D eigenvalue weighted by molar-refractivity contribution is 0.00193. The topological polar surface area (TPSA) is 125 Å². The van der Waals surface area contributed by atoms with E-state index in [0.717, 1.165) is 31.4 Å². The summed E-state index contributed by atoms with van der Waals surface area (Å²) < 4.78 is 3.16. The van der Waals surface area contributed by atoms with Gasteiger partial charge in [-0.2, -0.15) is 15.6 Å². The minimum absolute atomic E-state index is 0.0960. The molecule has 0 amide bonds. The fraction of sp³-hybridized carbons (Fsp3) is 0.500. The van der Waals surface area contributed by atoms with Gasteiger partial charge in [0.25, 0.3) is 5.56 Å². The second-order valence-corrected chi connectivity index (χ2v) is 10.7. The van der Waals surface area contributed by atoms with Gasteiger partial charge in [0.2, 0.25) is 0 Å². The summed E-state index contributed by atoms with van der Waals surface area (Å²) in [7, 11) is 5.42. The van der Waals surface area contributed by atoms with E-state index >= 15 is 0 Å². The summed E-state index contributed by atoms with van der Waals surface area (Å²) in [5, 5.41) is 26.7. The Morgan fingerprint density at radius 3 is 2.37 bits per heavy atom. The van der Waals surface area contributed by atoms with E-state index in [0.29, 0.717) is 22.6 Å². The molecule has 0 radical (unpaired) electrons. The van der Waals surface area contributed by atoms with Crippen molar-refractivity contribution in [3.8, 4) is 12.1 Å². The molecule has 0 aliphatic heterocycles. The normalized spacial score (nSPS) is 17.4. The highest BCUT2D eigenvalue weighted by atomic mass is 16.6. The maximum Gasteiger partial charge on any atom is 0.270 e. The predicted octanol–water partition coefficient (Wildman–Crippen LogP) is 4.26. The number of fused-ring (bicyclic) bond motifs is 1. The third-order valence-electron chi connectivity index (χ3n) is 6.70. The van der Waals surface area contributed by atoms with Gasteiger partial charge < -0.3 is 14.3 Å². The van der Waals surface area contributed by atoms with Crippen LogP contribution < -0.4 is 10.5 Å². The van der Waals surface area contributed by atoms with Crippen LogP contribution in [0.4, 0.5) is 5.69 Å². The highest BCUT2D eigenvalue weighted by Gasteiger charge is 2.27. The van der Waals surface area contributed by atoms with Crippen LogP contribution in [0.15, 0.2) is 34.3 Å². The minimum Gasteiger partial charge on any atom is -0.390 e. The van der Waals surface area contributed by atoms with E-state index < -0.39 is 0 Å². The highest BCUT2D eigenvalue weighted by molar-refractivity contribution is 5.92. The molecule has 200 valence electrons. The molecule has 1 saturated carbocycles. The molecule has 0 aromatic carbocycles. The molecule has 0 bridgehead atoms. The Morgan fingerprint density at radius 1 is 1.13 bits per heavy atom. The van der Waals surface area contributed by atoms with Crippen molar-refractivity contribution in [2.75, 3.05) is 11.9 Å². The second-order valence-electron chi connectivity index (χ2n) is 10.7. The van der Waals surface area contributed by atoms with Crippen molar-refractivity contribution < 1.29 is 4.84 Å². The van der Waals surface area contributed by atoms with E-state index in [1.54, 1.807) is 36.3 Å². The van der Waals surface area contributed by atoms with Crippen molar-refractivity contribution >= 4 is 22.9 Å². The molecule has 3 aromatic heterocycles. The van der Waals surface area contributed by atoms with Crippen molar-refractivity contribution in [2.24, 2.45) is 25.2 Å². The molecule has 1 fully saturated rings. The largest absolute Gasteiger partial charge is 0.390 e. The Bertz CT molecular complexity index is 1440. The molecule has 0 unspecified atom stereocenters. The Balaban J connectivity index is 0.000000260. The van der Waals surface area contributed by atoms with Gasteiger partial charge in [-0.05, 0) is 70.6 Å². The van der Waals surface area contributed by atoms with Gasteiger partial charge in [0.15, 0.2) is 0 Å². The monoisotopic (exact) mass is 516 g/mol. The molecule has 0 N–H and O–H groups in total. The number of nitriles is 2. The number of pyridine rings is 2. The summed E-state index contributed by atoms with van der Waals surface area (Å²) in [6, 6.07) is 9.57. The first kappa shape index (κ1) is 28.4. The van der Waals surface area contributed by atoms with E-state index in [-0.39, 0.29) is 28.5 Å². The fourth-order valence-electron chi connectivity index (χ4n) is 4.46. The van der Waals surface area contributed by atoms with E-state index in [1.165, 1.54) is 4.57 Å². The lowest BCUT2D eigenvalue weighted by Crippen LogP contribution is -2.37. The first-order chi connectivity index (χ1) is 18.0. The van der Waals surface area contributed by atoms with E-state index in [1.807, 2.05) is 51.9 Å². The van der Waals surface area contributed by atoms with Crippen LogP contribution in [0.3, 0.4) is 0 Å². The highest BCUT2D eigenvalue weighted by Crippen LogP contribution is 2.33. The SMILES string of the molecule is CC1CCC(N(C)c2c(C#N)c(=O)n(C)c3ccc(C#N)nc23)CC1.Cn1nccc1/C=N\OC(C)(C)C. The summed E-state index contributed by atoms with van der Waals surface area (Å²) in [5.74, 6) is 0.712. The van der Waals surface area contributed by atoms with Crippen molar-refractivity contribution in [1.82, 2.24) is 19.3 Å². The summed E-state index contributed by atoms with van der Waals surface area (Å²) in [4.78, 5) is 24.3. The van der Waals surface area contributed by atoms with Crippen LogP contribution in [0.2, 0.25) is 0 Å². The quantitative estimate of drug-likeness (QED) is 0.375. The second kappa shape index (κ2) is 11.9. The van der Waals surface area contributed by atoms with Crippen molar-refractivity contribution in [1.29, 1.82) is 10.5 Å². The van der Waals surface area contributed by atoms with Gasteiger partial charge in [0.1, 0.15) is 34.5 Å². The minimum atomic E-state index is -0.326. The molecule has 1 aliphatic carbocycles. The fourth-order valence-corrected chi connectivity index (χ4v) is 4.46. The molecule has 3 aromatic rings. The summed E-state index contributed by atoms with van der Waals surface area (Å²) in [6.45, 7) is 8.11. The summed E-state index contributed by atoms with van der Waals surface area (Å²) in [5.41, 5.74) is 2.46. The smallest absolute Gasteiger partial charge is 0.270 e. The third-order valence-corrected chi connectivity index (χ3v) is 6.70. The number of hydrogen-bond donors (Lipinski definition) is 0. The molecule has 4 rings (SSSR count). The van der Waals surface area contributed by atoms with Gasteiger partial charge in [-0.25, -0.2) is 4.98 Å². The summed E-state index contributed by atoms with van der Waals surface area (Å²) in [6.07, 6.45) is 7.69. The molecule has 0 spiro atoms. The number of nitrogens with zero attached hydrogens (tertiary/aromatic N) is 8. The standard InChI is InChI=1S/C19H21N5O.C9H15N3O/c1-12-4-7-14(8-5-12)23(2)18-15(11-21)19(25)24(3)16-9-6-13(10-20)22-17(16)18;1-9(2,3)13-11-7-8-5-6-10-12(8)4/h6,9,12,14H,4-5,7-8H2,1-3H3;5-7H,1-4H3/b;11-7-. The molecule has 1 aliphatic rings. The number of aryl methyl sites for hydroxylation is 2. The van der Waals surface area contributed by atoms with Crippen molar-refractivity contribution in [3.05, 3.63) is 51.7 Å². The van der Waals surface area contributed by atoms with Crippen LogP contribution in [0.5, 0.6) is 0 Å². The average Bonchev–Trinajstić information content (AvgIpc) is 3.29. The lowest BCUT2D eigenvalue weighted by atomic mass is 9.86. The molecule has 0 atom stereocenters. The molecular weight excluding hydrogens is 480 g/mol. The van der Waals surface area contributed by atoms with Crippen LogP contribution in [0.1, 0.15) is 70.3 Å². The molecule has 10 heteroatoms. The van der Waals surface area contributed by atoms with Gasteiger partial charge in [0.05, 0.1) is 23.1 Å². The van der Waals surface area contributed by atoms with Crippen LogP contribution in [0, 0.1) is 28.6 Å². The molecular formula is C28H36N8O2. The third kappa shape index (κ3) is 6.57. The number of anilines is 1. The number of aromatic nitrogens is 4. The maximum absolute atomic E-state index is 12.6. The Labute approximate surface area is 223 Å². The van der Waals surface area contributed by atoms with Crippen molar-refractivity contribution in [3.63, 3.8) is 0 Å². The molecule has 3 heterocycles. The van der Waals surface area contributed by atoms with Gasteiger partial charge in [-0.15, -0.1) is 0 Å². The zero-order valence-electron chi connectivity index (χ0n) is 23.3. The zero-order valence-corrected chi connectivity index (χ0v) is 23.3. The lowest BCUT2D eigenvalue weighted by Gasteiger charge is -2.35. The summed E-state index contributed by atoms with van der Waals surface area (Å²) >= 11 is 0. The average molecular weight is 517 g/mol. The Kier molecular flexibility index (Phi) is 8.90. The number of hydrogen-bond acceptors (Lipinski definition) is 8. The van der Waals surface area contributed by atoms with Crippen molar-refractivity contribution in [2.45, 2.75) is 65.0 Å². The van der Waals surface area contributed by atoms with E-state index in [4.69, 9.17) is 4.84 Å².